The molecule has 0 bridgehead atoms. The second kappa shape index (κ2) is 9.09. The summed E-state index contributed by atoms with van der Waals surface area (Å²) in [6.45, 7) is 3.08. The summed E-state index contributed by atoms with van der Waals surface area (Å²) in [5, 5.41) is 15.1. The van der Waals surface area contributed by atoms with E-state index < -0.39 is 5.67 Å². The van der Waals surface area contributed by atoms with Crippen LogP contribution in [0.3, 0.4) is 0 Å². The number of carbonyl (C=O) groups is 1. The lowest BCUT2D eigenvalue weighted by atomic mass is 9.87. The van der Waals surface area contributed by atoms with E-state index in [1.165, 1.54) is 18.7 Å². The molecule has 1 N–H and O–H groups in total. The Morgan fingerprint density at radius 1 is 1.27 bits per heavy atom. The van der Waals surface area contributed by atoms with Crippen LogP contribution < -0.4 is 9.64 Å². The van der Waals surface area contributed by atoms with Gasteiger partial charge in [0.15, 0.2) is 0 Å². The summed E-state index contributed by atoms with van der Waals surface area (Å²) in [4.78, 5) is 18.9. The molecular weight excluding hydrogens is 423 g/mol. The Morgan fingerprint density at radius 2 is 2.00 bits per heavy atom. The second-order valence-electron chi connectivity index (χ2n) is 9.29. The van der Waals surface area contributed by atoms with Crippen molar-refractivity contribution in [2.75, 3.05) is 25.7 Å². The van der Waals surface area contributed by atoms with Gasteiger partial charge in [0.1, 0.15) is 17.1 Å². The normalized spacial score (nSPS) is 19.0. The van der Waals surface area contributed by atoms with Crippen molar-refractivity contribution in [1.29, 1.82) is 0 Å². The van der Waals surface area contributed by atoms with Crippen LogP contribution in [0.15, 0.2) is 36.5 Å². The SMILES string of the molecule is COc1cc2nn(C3CCC(CO)CC3)cc2cc1N(C)C(=O)c1cccc(C(C)(C)F)n1. The number of amides is 1. The molecule has 0 spiro atoms. The van der Waals surface area contributed by atoms with Crippen molar-refractivity contribution in [1.82, 2.24) is 14.8 Å². The first-order valence-corrected chi connectivity index (χ1v) is 11.3. The number of alkyl halides is 1. The summed E-state index contributed by atoms with van der Waals surface area (Å²) in [6, 6.07) is 8.81. The van der Waals surface area contributed by atoms with Crippen molar-refractivity contribution in [3.05, 3.63) is 47.9 Å². The van der Waals surface area contributed by atoms with Crippen LogP contribution >= 0.6 is 0 Å². The third-order valence-electron chi connectivity index (χ3n) is 6.51. The monoisotopic (exact) mass is 454 g/mol. The average molecular weight is 455 g/mol. The lowest BCUT2D eigenvalue weighted by Crippen LogP contribution is -2.28. The van der Waals surface area contributed by atoms with Crippen LogP contribution in [0, 0.1) is 5.92 Å². The average Bonchev–Trinajstić information content (AvgIpc) is 3.25. The summed E-state index contributed by atoms with van der Waals surface area (Å²) in [6.07, 6.45) is 5.95. The van der Waals surface area contributed by atoms with Crippen molar-refractivity contribution in [2.45, 2.75) is 51.2 Å². The van der Waals surface area contributed by atoms with Crippen molar-refractivity contribution >= 4 is 22.5 Å². The number of hydrogen-bond donors (Lipinski definition) is 1. The minimum Gasteiger partial charge on any atom is -0.494 e. The fourth-order valence-electron chi connectivity index (χ4n) is 4.43. The standard InChI is InChI=1S/C25H31FN4O3/c1-25(2,26)23-7-5-6-19(27-23)24(32)29(3)21-12-17-14-30(28-20(17)13-22(21)33-4)18-10-8-16(15-31)9-11-18/h5-7,12-14,16,18,31H,8-11,15H2,1-4H3. The molecule has 2 heterocycles. The highest BCUT2D eigenvalue weighted by molar-refractivity contribution is 6.06. The van der Waals surface area contributed by atoms with Gasteiger partial charge in [-0.05, 0) is 63.6 Å². The van der Waals surface area contributed by atoms with Gasteiger partial charge in [-0.25, -0.2) is 9.37 Å². The molecule has 2 aromatic heterocycles. The zero-order valence-corrected chi connectivity index (χ0v) is 19.6. The molecule has 8 heteroatoms. The number of benzene rings is 1. The molecule has 1 amide bonds. The number of hydrogen-bond acceptors (Lipinski definition) is 5. The maximum Gasteiger partial charge on any atom is 0.276 e. The molecule has 1 aliphatic carbocycles. The number of halogens is 1. The van der Waals surface area contributed by atoms with Gasteiger partial charge in [-0.15, -0.1) is 0 Å². The molecule has 0 atom stereocenters. The second-order valence-corrected chi connectivity index (χ2v) is 9.29. The topological polar surface area (TPSA) is 80.5 Å². The minimum atomic E-state index is -1.64. The van der Waals surface area contributed by atoms with E-state index >= 15 is 0 Å². The van der Waals surface area contributed by atoms with E-state index in [0.29, 0.717) is 23.4 Å². The molecule has 0 aliphatic heterocycles. The summed E-state index contributed by atoms with van der Waals surface area (Å²) >= 11 is 0. The van der Waals surface area contributed by atoms with E-state index in [0.717, 1.165) is 36.6 Å². The molecule has 1 saturated carbocycles. The highest BCUT2D eigenvalue weighted by Gasteiger charge is 2.26. The van der Waals surface area contributed by atoms with Crippen molar-refractivity contribution < 1.29 is 19.0 Å². The number of nitrogens with zero attached hydrogens (tertiary/aromatic N) is 4. The van der Waals surface area contributed by atoms with Crippen molar-refractivity contribution in [2.24, 2.45) is 5.92 Å². The highest BCUT2D eigenvalue weighted by atomic mass is 19.1. The van der Waals surface area contributed by atoms with Gasteiger partial charge in [-0.3, -0.25) is 9.48 Å². The van der Waals surface area contributed by atoms with Gasteiger partial charge < -0.3 is 14.7 Å². The molecule has 3 aromatic rings. The lowest BCUT2D eigenvalue weighted by molar-refractivity contribution is 0.0986. The molecule has 0 unspecified atom stereocenters. The zero-order chi connectivity index (χ0) is 23.8. The van der Waals surface area contributed by atoms with Crippen LogP contribution in [0.1, 0.15) is 61.8 Å². The summed E-state index contributed by atoms with van der Waals surface area (Å²) in [5.74, 6) is 0.552. The van der Waals surface area contributed by atoms with E-state index in [-0.39, 0.29) is 23.9 Å². The molecule has 4 rings (SSSR count). The van der Waals surface area contributed by atoms with Gasteiger partial charge >= 0.3 is 0 Å². The van der Waals surface area contributed by atoms with Crippen LogP contribution in [-0.4, -0.2) is 46.5 Å². The fraction of sp³-hybridized carbons (Fsp3) is 0.480. The molecule has 0 radical (unpaired) electrons. The Hall–Kier alpha value is -3.00. The molecular formula is C25H31FN4O3. The quantitative estimate of drug-likeness (QED) is 0.587. The molecule has 0 saturated heterocycles. The van der Waals surface area contributed by atoms with Crippen molar-refractivity contribution in [3.8, 4) is 5.75 Å². The molecule has 1 fully saturated rings. The largest absolute Gasteiger partial charge is 0.494 e. The number of anilines is 1. The zero-order valence-electron chi connectivity index (χ0n) is 19.6. The molecule has 33 heavy (non-hydrogen) atoms. The Morgan fingerprint density at radius 3 is 2.64 bits per heavy atom. The number of carbonyl (C=O) groups excluding carboxylic acids is 1. The smallest absolute Gasteiger partial charge is 0.276 e. The third kappa shape index (κ3) is 4.71. The first-order chi connectivity index (χ1) is 15.7. The highest BCUT2D eigenvalue weighted by Crippen LogP contribution is 2.36. The van der Waals surface area contributed by atoms with Gasteiger partial charge in [0, 0.05) is 31.3 Å². The molecule has 1 aliphatic rings. The van der Waals surface area contributed by atoms with E-state index in [4.69, 9.17) is 9.84 Å². The van der Waals surface area contributed by atoms with Crippen LogP contribution in [0.25, 0.3) is 10.9 Å². The lowest BCUT2D eigenvalue weighted by Gasteiger charge is -2.27. The van der Waals surface area contributed by atoms with E-state index in [2.05, 4.69) is 4.98 Å². The van der Waals surface area contributed by atoms with Gasteiger partial charge in [-0.2, -0.15) is 5.10 Å². The predicted octanol–water partition coefficient (Wildman–Crippen LogP) is 4.64. The maximum absolute atomic E-state index is 14.4. The van der Waals surface area contributed by atoms with Gasteiger partial charge in [0.25, 0.3) is 5.91 Å². The van der Waals surface area contributed by atoms with Gasteiger partial charge in [0.2, 0.25) is 0 Å². The Kier molecular flexibility index (Phi) is 6.38. The number of aromatic nitrogens is 3. The fourth-order valence-corrected chi connectivity index (χ4v) is 4.43. The molecule has 7 nitrogen and oxygen atoms in total. The van der Waals surface area contributed by atoms with Crippen LogP contribution in [0.4, 0.5) is 10.1 Å². The number of ether oxygens (including phenoxy) is 1. The number of aliphatic hydroxyl groups is 1. The van der Waals surface area contributed by atoms with E-state index in [1.54, 1.807) is 32.4 Å². The number of methoxy groups -OCH3 is 1. The number of fused-ring (bicyclic) bond motifs is 1. The van der Waals surface area contributed by atoms with E-state index in [1.807, 2.05) is 23.0 Å². The number of aliphatic hydroxyl groups excluding tert-OH is 1. The predicted molar refractivity (Wildman–Crippen MR) is 125 cm³/mol. The van der Waals surface area contributed by atoms with Crippen LogP contribution in [0.2, 0.25) is 0 Å². The number of pyridine rings is 1. The van der Waals surface area contributed by atoms with Gasteiger partial charge in [0.05, 0.1) is 30.0 Å². The Labute approximate surface area is 193 Å². The van der Waals surface area contributed by atoms with E-state index in [9.17, 15) is 14.3 Å². The summed E-state index contributed by atoms with van der Waals surface area (Å²) in [5.41, 5.74) is 0.113. The van der Waals surface area contributed by atoms with Gasteiger partial charge in [-0.1, -0.05) is 6.07 Å². The summed E-state index contributed by atoms with van der Waals surface area (Å²) < 4.78 is 21.9. The first kappa shape index (κ1) is 23.2. The summed E-state index contributed by atoms with van der Waals surface area (Å²) in [7, 11) is 3.21. The van der Waals surface area contributed by atoms with Crippen molar-refractivity contribution in [3.63, 3.8) is 0 Å². The van der Waals surface area contributed by atoms with Crippen LogP contribution in [0.5, 0.6) is 5.75 Å². The minimum absolute atomic E-state index is 0.166. The first-order valence-electron chi connectivity index (χ1n) is 11.3. The maximum atomic E-state index is 14.4. The molecule has 1 aromatic carbocycles. The Bertz CT molecular complexity index is 1150. The molecule has 176 valence electrons. The number of rotatable bonds is 6. The Balaban J connectivity index is 1.63. The van der Waals surface area contributed by atoms with Crippen LogP contribution in [-0.2, 0) is 5.67 Å². The third-order valence-corrected chi connectivity index (χ3v) is 6.51.